The molecule has 0 bridgehead atoms. The van der Waals surface area contributed by atoms with Gasteiger partial charge in [-0.2, -0.15) is 5.10 Å². The molecule has 146 valence electrons. The second-order valence-corrected chi connectivity index (χ2v) is 7.92. The number of nitrogens with zero attached hydrogens (tertiary/aromatic N) is 5. The molecule has 0 N–H and O–H groups in total. The van der Waals surface area contributed by atoms with Crippen molar-refractivity contribution in [3.05, 3.63) is 40.7 Å². The Labute approximate surface area is 170 Å². The summed E-state index contributed by atoms with van der Waals surface area (Å²) in [6.07, 6.45) is 1.73. The Morgan fingerprint density at radius 2 is 1.85 bits per heavy atom. The van der Waals surface area contributed by atoms with E-state index in [1.165, 1.54) is 11.1 Å². The Balaban J connectivity index is 0.00000261. The molecule has 0 atom stereocenters. The molecule has 0 aliphatic carbocycles. The van der Waals surface area contributed by atoms with Gasteiger partial charge in [-0.3, -0.25) is 14.4 Å². The first-order valence-corrected chi connectivity index (χ1v) is 9.43. The monoisotopic (exact) mass is 407 g/mol. The van der Waals surface area contributed by atoms with Crippen molar-refractivity contribution >= 4 is 45.0 Å². The second kappa shape index (κ2) is 8.37. The number of amides is 1. The summed E-state index contributed by atoms with van der Waals surface area (Å²) in [5.41, 5.74) is 4.84. The van der Waals surface area contributed by atoms with Crippen molar-refractivity contribution in [2.45, 2.75) is 20.8 Å². The van der Waals surface area contributed by atoms with E-state index in [1.54, 1.807) is 34.2 Å². The molecule has 6 nitrogen and oxygen atoms in total. The molecule has 0 spiro atoms. The number of rotatable bonds is 5. The minimum Gasteiger partial charge on any atom is -0.308 e. The third kappa shape index (κ3) is 4.15. The van der Waals surface area contributed by atoms with Crippen LogP contribution >= 0.6 is 23.7 Å². The molecular weight excluding hydrogens is 382 g/mol. The van der Waals surface area contributed by atoms with Crippen molar-refractivity contribution in [3.63, 3.8) is 0 Å². The number of fused-ring (bicyclic) bond motifs is 1. The zero-order chi connectivity index (χ0) is 19.0. The molecule has 0 saturated carbocycles. The Hall–Kier alpha value is -1.96. The molecule has 3 rings (SSSR count). The molecule has 1 aromatic carbocycles. The Morgan fingerprint density at radius 3 is 2.44 bits per heavy atom. The van der Waals surface area contributed by atoms with Gasteiger partial charge in [0.1, 0.15) is 5.69 Å². The molecule has 3 aromatic rings. The van der Waals surface area contributed by atoms with Gasteiger partial charge in [-0.1, -0.05) is 17.4 Å². The van der Waals surface area contributed by atoms with Gasteiger partial charge in [-0.15, -0.1) is 12.4 Å². The number of likely N-dealkylation sites (N-methyl/N-ethyl adjacent to an activating group) is 1. The average Bonchev–Trinajstić information content (AvgIpc) is 3.15. The smallest absolute Gasteiger partial charge is 0.278 e. The van der Waals surface area contributed by atoms with Crippen LogP contribution < -0.4 is 4.90 Å². The van der Waals surface area contributed by atoms with E-state index < -0.39 is 0 Å². The van der Waals surface area contributed by atoms with Gasteiger partial charge in [-0.05, 0) is 57.6 Å². The number of carbonyl (C=O) groups is 1. The summed E-state index contributed by atoms with van der Waals surface area (Å²) in [5.74, 6) is -0.0576. The van der Waals surface area contributed by atoms with Crippen LogP contribution in [0.5, 0.6) is 0 Å². The molecule has 2 aromatic heterocycles. The molecule has 0 aliphatic rings. The maximum absolute atomic E-state index is 13.3. The van der Waals surface area contributed by atoms with Gasteiger partial charge in [0.15, 0.2) is 5.13 Å². The highest BCUT2D eigenvalue weighted by Crippen LogP contribution is 2.32. The summed E-state index contributed by atoms with van der Waals surface area (Å²) in [7, 11) is 5.81. The van der Waals surface area contributed by atoms with Crippen molar-refractivity contribution in [3.8, 4) is 0 Å². The lowest BCUT2D eigenvalue weighted by Gasteiger charge is -2.22. The number of thiazole rings is 1. The molecule has 8 heteroatoms. The quantitative estimate of drug-likeness (QED) is 0.648. The van der Waals surface area contributed by atoms with Gasteiger partial charge in [0.2, 0.25) is 0 Å². The third-order valence-corrected chi connectivity index (χ3v) is 5.69. The van der Waals surface area contributed by atoms with E-state index >= 15 is 0 Å². The number of carbonyl (C=O) groups excluding carboxylic acids is 1. The van der Waals surface area contributed by atoms with Crippen molar-refractivity contribution in [2.24, 2.45) is 7.05 Å². The fourth-order valence-corrected chi connectivity index (χ4v) is 3.95. The predicted molar refractivity (Wildman–Crippen MR) is 115 cm³/mol. The van der Waals surface area contributed by atoms with Gasteiger partial charge >= 0.3 is 0 Å². The fourth-order valence-electron chi connectivity index (χ4n) is 2.90. The first kappa shape index (κ1) is 21.3. The van der Waals surface area contributed by atoms with E-state index in [0.717, 1.165) is 27.5 Å². The summed E-state index contributed by atoms with van der Waals surface area (Å²) in [6.45, 7) is 7.42. The van der Waals surface area contributed by atoms with Crippen LogP contribution in [-0.2, 0) is 7.05 Å². The minimum atomic E-state index is -0.0576. The lowest BCUT2D eigenvalue weighted by Crippen LogP contribution is -2.38. The van der Waals surface area contributed by atoms with Crippen molar-refractivity contribution < 1.29 is 4.79 Å². The van der Waals surface area contributed by atoms with Crippen molar-refractivity contribution in [2.75, 3.05) is 32.1 Å². The van der Waals surface area contributed by atoms with Crippen LogP contribution in [0, 0.1) is 20.8 Å². The molecule has 0 fully saturated rings. The molecule has 27 heavy (non-hydrogen) atoms. The Morgan fingerprint density at radius 1 is 1.15 bits per heavy atom. The van der Waals surface area contributed by atoms with Crippen LogP contribution in [0.25, 0.3) is 10.2 Å². The summed E-state index contributed by atoms with van der Waals surface area (Å²) >= 11 is 1.56. The number of benzene rings is 1. The standard InChI is InChI=1S/C19H25N5OS.ClH/c1-12-7-8-15-16(14(12)3)21-19(26-15)24(10-9-22(4)5)18(25)17-13(2)11-20-23(17)6;/h7-8,11H,9-10H2,1-6H3;1H. The van der Waals surface area contributed by atoms with Crippen LogP contribution in [0.2, 0.25) is 0 Å². The zero-order valence-corrected chi connectivity index (χ0v) is 18.2. The second-order valence-electron chi connectivity index (χ2n) is 6.91. The maximum Gasteiger partial charge on any atom is 0.278 e. The maximum atomic E-state index is 13.3. The lowest BCUT2D eigenvalue weighted by molar-refractivity contribution is 0.0975. The van der Waals surface area contributed by atoms with E-state index in [4.69, 9.17) is 4.98 Å². The van der Waals surface area contributed by atoms with Gasteiger partial charge in [-0.25, -0.2) is 4.98 Å². The van der Waals surface area contributed by atoms with Gasteiger partial charge in [0, 0.05) is 20.1 Å². The highest BCUT2D eigenvalue weighted by atomic mass is 35.5. The molecule has 1 amide bonds. The summed E-state index contributed by atoms with van der Waals surface area (Å²) in [5, 5.41) is 4.96. The molecule has 0 radical (unpaired) electrons. The number of aryl methyl sites for hydroxylation is 4. The van der Waals surface area contributed by atoms with Crippen molar-refractivity contribution in [1.82, 2.24) is 19.7 Å². The summed E-state index contributed by atoms with van der Waals surface area (Å²) < 4.78 is 2.75. The van der Waals surface area contributed by atoms with Crippen molar-refractivity contribution in [1.29, 1.82) is 0 Å². The molecule has 0 unspecified atom stereocenters. The topological polar surface area (TPSA) is 54.3 Å². The summed E-state index contributed by atoms with van der Waals surface area (Å²) in [4.78, 5) is 22.0. The van der Waals surface area contributed by atoms with Crippen LogP contribution in [0.3, 0.4) is 0 Å². The highest BCUT2D eigenvalue weighted by Gasteiger charge is 2.25. The molecule has 2 heterocycles. The van der Waals surface area contributed by atoms with Gasteiger partial charge < -0.3 is 4.90 Å². The lowest BCUT2D eigenvalue weighted by atomic mass is 10.1. The number of hydrogen-bond acceptors (Lipinski definition) is 5. The van der Waals surface area contributed by atoms with E-state index in [-0.39, 0.29) is 18.3 Å². The van der Waals surface area contributed by atoms with Gasteiger partial charge in [0.25, 0.3) is 5.91 Å². The van der Waals surface area contributed by atoms with E-state index in [1.807, 2.05) is 21.0 Å². The summed E-state index contributed by atoms with van der Waals surface area (Å²) in [6, 6.07) is 4.19. The minimum absolute atomic E-state index is 0. The van der Waals surface area contributed by atoms with E-state index in [9.17, 15) is 4.79 Å². The first-order chi connectivity index (χ1) is 12.3. The number of halogens is 1. The van der Waals surface area contributed by atoms with Crippen LogP contribution in [0.1, 0.15) is 27.2 Å². The van der Waals surface area contributed by atoms with E-state index in [2.05, 4.69) is 36.0 Å². The van der Waals surface area contributed by atoms with Crippen LogP contribution in [0.15, 0.2) is 18.3 Å². The highest BCUT2D eigenvalue weighted by molar-refractivity contribution is 7.22. The largest absolute Gasteiger partial charge is 0.308 e. The van der Waals surface area contributed by atoms with Crippen LogP contribution in [-0.4, -0.2) is 52.8 Å². The first-order valence-electron chi connectivity index (χ1n) is 8.61. The number of hydrogen-bond donors (Lipinski definition) is 0. The molecular formula is C19H26ClN5OS. The number of aromatic nitrogens is 3. The number of anilines is 1. The SMILES string of the molecule is Cc1ccc2sc(N(CCN(C)C)C(=O)c3c(C)cnn3C)nc2c1C.Cl. The van der Waals surface area contributed by atoms with E-state index in [0.29, 0.717) is 12.2 Å². The normalized spacial score (nSPS) is 11.1. The van der Waals surface area contributed by atoms with Gasteiger partial charge in [0.05, 0.1) is 16.4 Å². The molecule has 0 aliphatic heterocycles. The zero-order valence-electron chi connectivity index (χ0n) is 16.6. The van der Waals surface area contributed by atoms with Crippen LogP contribution in [0.4, 0.5) is 5.13 Å². The fraction of sp³-hybridized carbons (Fsp3) is 0.421. The average molecular weight is 408 g/mol. The molecule has 0 saturated heterocycles. The Kier molecular flexibility index (Phi) is 6.62. The predicted octanol–water partition coefficient (Wildman–Crippen LogP) is 3.59. The third-order valence-electron chi connectivity index (χ3n) is 4.64. The Bertz CT molecular complexity index is 943.